The lowest BCUT2D eigenvalue weighted by atomic mass is 9.79. The quantitative estimate of drug-likeness (QED) is 0.425. The largest absolute Gasteiger partial charge is 0.378 e. The molecule has 4 nitrogen and oxygen atoms in total. The van der Waals surface area contributed by atoms with Gasteiger partial charge in [-0.1, -0.05) is 67.6 Å². The molecule has 0 radical (unpaired) electrons. The van der Waals surface area contributed by atoms with Gasteiger partial charge in [0.05, 0.1) is 18.8 Å². The summed E-state index contributed by atoms with van der Waals surface area (Å²) in [5.74, 6) is 0.181. The molecule has 3 aromatic rings. The number of benzene rings is 3. The second-order valence-electron chi connectivity index (χ2n) is 8.86. The highest BCUT2D eigenvalue weighted by atomic mass is 16.5. The Kier molecular flexibility index (Phi) is 7.58. The second kappa shape index (κ2) is 10.8. The Hall–Kier alpha value is -2.95. The van der Waals surface area contributed by atoms with Gasteiger partial charge in [-0.25, -0.2) is 0 Å². The molecular formula is C29H34N2O2. The smallest absolute Gasteiger partial charge is 0.183 e. The van der Waals surface area contributed by atoms with E-state index in [9.17, 15) is 4.79 Å². The Labute approximate surface area is 197 Å². The summed E-state index contributed by atoms with van der Waals surface area (Å²) in [6.45, 7) is 6.13. The number of ketones is 1. The first kappa shape index (κ1) is 23.2. The minimum atomic E-state index is -0.627. The molecule has 0 aliphatic carbocycles. The van der Waals surface area contributed by atoms with Crippen LogP contribution in [0.15, 0.2) is 84.9 Å². The molecule has 4 heteroatoms. The summed E-state index contributed by atoms with van der Waals surface area (Å²) < 4.78 is 5.47. The molecule has 0 amide bonds. The molecule has 4 rings (SSSR count). The summed E-state index contributed by atoms with van der Waals surface area (Å²) >= 11 is 0. The normalized spacial score (nSPS) is 15.9. The average Bonchev–Trinajstić information content (AvgIpc) is 2.88. The van der Waals surface area contributed by atoms with Gasteiger partial charge < -0.3 is 9.64 Å². The van der Waals surface area contributed by atoms with Crippen LogP contribution in [0.1, 0.15) is 34.8 Å². The highest BCUT2D eigenvalue weighted by Gasteiger charge is 2.41. The predicted octanol–water partition coefficient (Wildman–Crippen LogP) is 5.23. The maximum absolute atomic E-state index is 14.1. The summed E-state index contributed by atoms with van der Waals surface area (Å²) in [5.41, 5.74) is 3.68. The summed E-state index contributed by atoms with van der Waals surface area (Å²) in [6.07, 6.45) is 1.41. The number of carbonyl (C=O) groups excluding carboxylic acids is 1. The average molecular weight is 443 g/mol. The molecule has 1 saturated heterocycles. The van der Waals surface area contributed by atoms with Crippen LogP contribution in [0.5, 0.6) is 0 Å². The van der Waals surface area contributed by atoms with Crippen molar-refractivity contribution in [1.82, 2.24) is 4.90 Å². The van der Waals surface area contributed by atoms with Gasteiger partial charge in [-0.15, -0.1) is 0 Å². The molecule has 172 valence electrons. The van der Waals surface area contributed by atoms with Gasteiger partial charge in [-0.3, -0.25) is 9.69 Å². The van der Waals surface area contributed by atoms with E-state index in [1.54, 1.807) is 0 Å². The number of rotatable bonds is 9. The molecule has 1 heterocycles. The van der Waals surface area contributed by atoms with E-state index in [0.717, 1.165) is 50.5 Å². The van der Waals surface area contributed by atoms with Gasteiger partial charge in [0.1, 0.15) is 0 Å². The van der Waals surface area contributed by atoms with Crippen molar-refractivity contribution >= 4 is 11.5 Å². The molecule has 1 aliphatic rings. The van der Waals surface area contributed by atoms with Crippen molar-refractivity contribution in [2.75, 3.05) is 38.3 Å². The lowest BCUT2D eigenvalue weighted by molar-refractivity contribution is 0.0579. The van der Waals surface area contributed by atoms with Crippen LogP contribution in [-0.4, -0.2) is 49.6 Å². The zero-order valence-corrected chi connectivity index (χ0v) is 19.7. The van der Waals surface area contributed by atoms with E-state index < -0.39 is 5.54 Å². The van der Waals surface area contributed by atoms with Crippen LogP contribution in [0.4, 0.5) is 5.69 Å². The third-order valence-electron chi connectivity index (χ3n) is 6.85. The van der Waals surface area contributed by atoms with Crippen molar-refractivity contribution in [2.45, 2.75) is 31.8 Å². The fourth-order valence-corrected chi connectivity index (χ4v) is 4.80. The Morgan fingerprint density at radius 3 is 2.03 bits per heavy atom. The number of likely N-dealkylation sites (N-methyl/N-ethyl adjacent to an activating group) is 1. The number of hydrogen-bond acceptors (Lipinski definition) is 4. The Balaban J connectivity index is 1.64. The van der Waals surface area contributed by atoms with Gasteiger partial charge in [0.25, 0.3) is 0 Å². The van der Waals surface area contributed by atoms with Crippen LogP contribution < -0.4 is 4.90 Å². The zero-order chi connectivity index (χ0) is 23.1. The number of ether oxygens (including phenoxy) is 1. The first-order chi connectivity index (χ1) is 16.1. The summed E-state index contributed by atoms with van der Waals surface area (Å²) in [5, 5.41) is 0. The molecule has 1 atom stereocenters. The lowest BCUT2D eigenvalue weighted by Gasteiger charge is -2.40. The first-order valence-corrected chi connectivity index (χ1v) is 11.9. The topological polar surface area (TPSA) is 32.8 Å². The minimum Gasteiger partial charge on any atom is -0.378 e. The summed E-state index contributed by atoms with van der Waals surface area (Å²) in [4.78, 5) is 18.7. The molecule has 1 aliphatic heterocycles. The van der Waals surface area contributed by atoms with Gasteiger partial charge >= 0.3 is 0 Å². The van der Waals surface area contributed by atoms with E-state index in [4.69, 9.17) is 4.74 Å². The van der Waals surface area contributed by atoms with Crippen molar-refractivity contribution in [3.63, 3.8) is 0 Å². The Bertz CT molecular complexity index is 1010. The van der Waals surface area contributed by atoms with Gasteiger partial charge in [-0.05, 0) is 55.3 Å². The molecule has 0 spiro atoms. The van der Waals surface area contributed by atoms with Crippen molar-refractivity contribution in [2.24, 2.45) is 0 Å². The van der Waals surface area contributed by atoms with Crippen molar-refractivity contribution in [3.05, 3.63) is 102 Å². The van der Waals surface area contributed by atoms with Crippen LogP contribution in [0.2, 0.25) is 0 Å². The number of Topliss-reactive ketones (excluding diaryl/α,β-unsaturated/α-hetero) is 1. The van der Waals surface area contributed by atoms with Crippen LogP contribution in [0.25, 0.3) is 0 Å². The van der Waals surface area contributed by atoms with Crippen molar-refractivity contribution in [1.29, 1.82) is 0 Å². The second-order valence-corrected chi connectivity index (χ2v) is 8.86. The first-order valence-electron chi connectivity index (χ1n) is 11.9. The number of hydrogen-bond donors (Lipinski definition) is 0. The molecule has 0 bridgehead atoms. The predicted molar refractivity (Wildman–Crippen MR) is 135 cm³/mol. The lowest BCUT2D eigenvalue weighted by Crippen LogP contribution is -2.54. The highest BCUT2D eigenvalue weighted by Crippen LogP contribution is 2.31. The number of nitrogens with zero attached hydrogens (tertiary/aromatic N) is 2. The van der Waals surface area contributed by atoms with Crippen LogP contribution >= 0.6 is 0 Å². The minimum absolute atomic E-state index is 0.181. The fraction of sp³-hybridized carbons (Fsp3) is 0.345. The third kappa shape index (κ3) is 5.35. The number of morpholine rings is 1. The fourth-order valence-electron chi connectivity index (χ4n) is 4.80. The highest BCUT2D eigenvalue weighted by molar-refractivity contribution is 6.03. The van der Waals surface area contributed by atoms with E-state index in [1.165, 1.54) is 11.1 Å². The number of carbonyl (C=O) groups is 1. The molecular weight excluding hydrogens is 408 g/mol. The zero-order valence-electron chi connectivity index (χ0n) is 19.7. The van der Waals surface area contributed by atoms with Crippen molar-refractivity contribution in [3.8, 4) is 0 Å². The van der Waals surface area contributed by atoms with Gasteiger partial charge in [0.2, 0.25) is 0 Å². The van der Waals surface area contributed by atoms with E-state index in [2.05, 4.69) is 84.4 Å². The molecule has 3 aromatic carbocycles. The molecule has 33 heavy (non-hydrogen) atoms. The summed E-state index contributed by atoms with van der Waals surface area (Å²) in [6, 6.07) is 28.9. The maximum atomic E-state index is 14.1. The van der Waals surface area contributed by atoms with E-state index in [0.29, 0.717) is 6.42 Å². The third-order valence-corrected chi connectivity index (χ3v) is 6.85. The molecule has 0 N–H and O–H groups in total. The Morgan fingerprint density at radius 2 is 1.45 bits per heavy atom. The van der Waals surface area contributed by atoms with Gasteiger partial charge in [-0.2, -0.15) is 0 Å². The van der Waals surface area contributed by atoms with E-state index >= 15 is 0 Å². The summed E-state index contributed by atoms with van der Waals surface area (Å²) in [7, 11) is 2.08. The molecule has 0 aromatic heterocycles. The standard InChI is InChI=1S/C29H34N2O2/c1-3-29(22-24-10-6-4-7-11-24,30(2)23-25-12-8-5-9-13-25)28(32)26-14-16-27(17-15-26)31-18-20-33-21-19-31/h4-17H,3,18-23H2,1-2H3. The van der Waals surface area contributed by atoms with E-state index in [-0.39, 0.29) is 5.78 Å². The SMILES string of the molecule is CCC(Cc1ccccc1)(C(=O)c1ccc(N2CCOCC2)cc1)N(C)Cc1ccccc1. The van der Waals surface area contributed by atoms with Crippen LogP contribution in [-0.2, 0) is 17.7 Å². The van der Waals surface area contributed by atoms with Gasteiger partial charge in [0.15, 0.2) is 5.78 Å². The maximum Gasteiger partial charge on any atom is 0.183 e. The van der Waals surface area contributed by atoms with E-state index in [1.807, 2.05) is 24.3 Å². The monoisotopic (exact) mass is 442 g/mol. The molecule has 1 fully saturated rings. The number of anilines is 1. The molecule has 0 saturated carbocycles. The molecule has 1 unspecified atom stereocenters. The van der Waals surface area contributed by atoms with Crippen molar-refractivity contribution < 1.29 is 9.53 Å². The van der Waals surface area contributed by atoms with Gasteiger partial charge in [0, 0.05) is 30.9 Å². The van der Waals surface area contributed by atoms with Crippen LogP contribution in [0.3, 0.4) is 0 Å². The van der Waals surface area contributed by atoms with Crippen LogP contribution in [0, 0.1) is 0 Å². The Morgan fingerprint density at radius 1 is 0.879 bits per heavy atom.